The van der Waals surface area contributed by atoms with Gasteiger partial charge in [0.2, 0.25) is 17.8 Å². The number of nitro groups is 2. The molecule has 0 aliphatic carbocycles. The molecule has 3 aromatic carbocycles. The molecule has 0 fully saturated rings. The highest BCUT2D eigenvalue weighted by molar-refractivity contribution is 5.81. The molecule has 0 amide bonds. The van der Waals surface area contributed by atoms with Gasteiger partial charge in [-0.15, -0.1) is 0 Å². The molecular formula is C22H17N9O4. The third kappa shape index (κ3) is 6.29. The first-order chi connectivity index (χ1) is 17.0. The van der Waals surface area contributed by atoms with E-state index in [0.717, 1.165) is 5.69 Å². The van der Waals surface area contributed by atoms with Crippen LogP contribution in [0.5, 0.6) is 0 Å². The summed E-state index contributed by atoms with van der Waals surface area (Å²) in [6, 6.07) is 21.0. The van der Waals surface area contributed by atoms with Crippen LogP contribution >= 0.6 is 0 Å². The van der Waals surface area contributed by atoms with E-state index in [4.69, 9.17) is 0 Å². The Balaban J connectivity index is 1.57. The first-order valence-corrected chi connectivity index (χ1v) is 10.1. The van der Waals surface area contributed by atoms with Crippen LogP contribution in [-0.2, 0) is 0 Å². The van der Waals surface area contributed by atoms with Crippen molar-refractivity contribution in [1.82, 2.24) is 15.0 Å². The molecule has 4 aromatic rings. The van der Waals surface area contributed by atoms with Crippen LogP contribution in [0, 0.1) is 20.2 Å². The van der Waals surface area contributed by atoms with Gasteiger partial charge in [0.15, 0.2) is 0 Å². The van der Waals surface area contributed by atoms with Crippen LogP contribution in [-0.4, -0.2) is 31.0 Å². The lowest BCUT2D eigenvalue weighted by Gasteiger charge is -2.10. The predicted molar refractivity (Wildman–Crippen MR) is 130 cm³/mol. The van der Waals surface area contributed by atoms with Crippen LogP contribution in [0.15, 0.2) is 84.0 Å². The number of hydrogen-bond donors (Lipinski definition) is 3. The maximum absolute atomic E-state index is 10.9. The fourth-order valence-electron chi connectivity index (χ4n) is 2.87. The number of para-hydroxylation sites is 1. The molecule has 0 saturated heterocycles. The van der Waals surface area contributed by atoms with E-state index < -0.39 is 9.85 Å². The minimum Gasteiger partial charge on any atom is -0.324 e. The monoisotopic (exact) mass is 471 g/mol. The highest BCUT2D eigenvalue weighted by atomic mass is 16.6. The third-order valence-corrected chi connectivity index (χ3v) is 4.46. The molecule has 1 aromatic heterocycles. The lowest BCUT2D eigenvalue weighted by Crippen LogP contribution is -2.07. The maximum atomic E-state index is 10.9. The van der Waals surface area contributed by atoms with E-state index in [0.29, 0.717) is 11.3 Å². The number of benzene rings is 3. The van der Waals surface area contributed by atoms with Crippen LogP contribution in [0.1, 0.15) is 5.56 Å². The highest BCUT2D eigenvalue weighted by Gasteiger charge is 2.09. The summed E-state index contributed by atoms with van der Waals surface area (Å²) in [5, 5.41) is 31.9. The van der Waals surface area contributed by atoms with E-state index in [1.54, 1.807) is 12.1 Å². The SMILES string of the molecule is O=[N+]([O-])c1ccc(Nc2nc(N/N=C/c3cccc([N+](=O)[O-])c3)nc(Nc3ccccc3)n2)cc1. The molecule has 0 radical (unpaired) electrons. The summed E-state index contributed by atoms with van der Waals surface area (Å²) in [7, 11) is 0. The van der Waals surface area contributed by atoms with Crippen molar-refractivity contribution < 1.29 is 9.85 Å². The lowest BCUT2D eigenvalue weighted by molar-refractivity contribution is -0.385. The van der Waals surface area contributed by atoms with Gasteiger partial charge in [0.05, 0.1) is 16.1 Å². The van der Waals surface area contributed by atoms with Crippen LogP contribution in [0.25, 0.3) is 0 Å². The quantitative estimate of drug-likeness (QED) is 0.177. The third-order valence-electron chi connectivity index (χ3n) is 4.46. The number of rotatable bonds is 9. The number of anilines is 5. The largest absolute Gasteiger partial charge is 0.324 e. The highest BCUT2D eigenvalue weighted by Crippen LogP contribution is 2.21. The predicted octanol–water partition coefficient (Wildman–Crippen LogP) is 4.62. The second-order valence-corrected chi connectivity index (χ2v) is 6.95. The molecule has 35 heavy (non-hydrogen) atoms. The minimum atomic E-state index is -0.492. The van der Waals surface area contributed by atoms with Crippen LogP contribution in [0.4, 0.5) is 40.6 Å². The second kappa shape index (κ2) is 10.4. The summed E-state index contributed by atoms with van der Waals surface area (Å²) in [5.41, 5.74) is 4.36. The fourth-order valence-corrected chi connectivity index (χ4v) is 2.87. The number of nitro benzene ring substituents is 2. The molecule has 13 nitrogen and oxygen atoms in total. The van der Waals surface area contributed by atoms with Gasteiger partial charge in [0.25, 0.3) is 11.4 Å². The van der Waals surface area contributed by atoms with Crippen molar-refractivity contribution >= 4 is 46.8 Å². The van der Waals surface area contributed by atoms with E-state index >= 15 is 0 Å². The van der Waals surface area contributed by atoms with Crippen molar-refractivity contribution in [2.75, 3.05) is 16.1 Å². The number of nitrogens with zero attached hydrogens (tertiary/aromatic N) is 6. The van der Waals surface area contributed by atoms with E-state index in [9.17, 15) is 20.2 Å². The zero-order valence-electron chi connectivity index (χ0n) is 17.9. The van der Waals surface area contributed by atoms with Crippen LogP contribution in [0.3, 0.4) is 0 Å². The summed E-state index contributed by atoms with van der Waals surface area (Å²) < 4.78 is 0. The Hall–Kier alpha value is -5.46. The number of nitrogens with one attached hydrogen (secondary N) is 3. The first kappa shape index (κ1) is 22.7. The Labute approximate surface area is 197 Å². The van der Waals surface area contributed by atoms with Gasteiger partial charge >= 0.3 is 0 Å². The molecule has 0 spiro atoms. The molecule has 0 unspecified atom stereocenters. The van der Waals surface area contributed by atoms with Gasteiger partial charge in [0.1, 0.15) is 0 Å². The van der Waals surface area contributed by atoms with Gasteiger partial charge < -0.3 is 10.6 Å². The summed E-state index contributed by atoms with van der Waals surface area (Å²) in [5.74, 6) is 0.452. The summed E-state index contributed by atoms with van der Waals surface area (Å²) >= 11 is 0. The van der Waals surface area contributed by atoms with Crippen LogP contribution in [0.2, 0.25) is 0 Å². The first-order valence-electron chi connectivity index (χ1n) is 10.1. The maximum Gasteiger partial charge on any atom is 0.270 e. The molecule has 0 aliphatic heterocycles. The van der Waals surface area contributed by atoms with Crippen molar-refractivity contribution in [3.63, 3.8) is 0 Å². The zero-order chi connectivity index (χ0) is 24.6. The smallest absolute Gasteiger partial charge is 0.270 e. The van der Waals surface area contributed by atoms with Crippen molar-refractivity contribution in [3.8, 4) is 0 Å². The molecule has 0 saturated carbocycles. The summed E-state index contributed by atoms with van der Waals surface area (Å²) in [4.78, 5) is 33.7. The van der Waals surface area contributed by atoms with Gasteiger partial charge in [-0.05, 0) is 24.3 Å². The molecule has 0 aliphatic rings. The summed E-state index contributed by atoms with van der Waals surface area (Å²) in [6.45, 7) is 0. The van der Waals surface area contributed by atoms with Gasteiger partial charge in [-0.3, -0.25) is 20.2 Å². The van der Waals surface area contributed by atoms with Gasteiger partial charge in [-0.1, -0.05) is 30.3 Å². The molecule has 0 bridgehead atoms. The van der Waals surface area contributed by atoms with Gasteiger partial charge in [-0.25, -0.2) is 5.43 Å². The average molecular weight is 471 g/mol. The molecule has 0 atom stereocenters. The molecule has 4 rings (SSSR count). The fraction of sp³-hybridized carbons (Fsp3) is 0. The minimum absolute atomic E-state index is 0.0459. The second-order valence-electron chi connectivity index (χ2n) is 6.95. The lowest BCUT2D eigenvalue weighted by atomic mass is 10.2. The van der Waals surface area contributed by atoms with E-state index in [-0.39, 0.29) is 29.2 Å². The van der Waals surface area contributed by atoms with E-state index in [1.807, 2.05) is 30.3 Å². The molecule has 174 valence electrons. The Morgan fingerprint density at radius 1 is 0.686 bits per heavy atom. The van der Waals surface area contributed by atoms with Gasteiger partial charge in [-0.2, -0.15) is 20.1 Å². The topological polar surface area (TPSA) is 173 Å². The zero-order valence-corrected chi connectivity index (χ0v) is 17.9. The Morgan fingerprint density at radius 2 is 1.29 bits per heavy atom. The van der Waals surface area contributed by atoms with Crippen molar-refractivity contribution in [2.45, 2.75) is 0 Å². The van der Waals surface area contributed by atoms with Gasteiger partial charge in [0, 0.05) is 41.2 Å². The van der Waals surface area contributed by atoms with Crippen molar-refractivity contribution in [1.29, 1.82) is 0 Å². The number of hydrazone groups is 1. The number of non-ortho nitro benzene ring substituents is 2. The van der Waals surface area contributed by atoms with Crippen LogP contribution < -0.4 is 16.1 Å². The van der Waals surface area contributed by atoms with E-state index in [1.165, 1.54) is 42.6 Å². The van der Waals surface area contributed by atoms with Crippen molar-refractivity contribution in [2.24, 2.45) is 5.10 Å². The Bertz CT molecular complexity index is 1380. The average Bonchev–Trinajstić information content (AvgIpc) is 2.85. The molecule has 13 heteroatoms. The van der Waals surface area contributed by atoms with Crippen molar-refractivity contribution in [3.05, 3.63) is 105 Å². The normalized spacial score (nSPS) is 10.6. The summed E-state index contributed by atoms with van der Waals surface area (Å²) in [6.07, 6.45) is 1.39. The number of hydrogen-bond acceptors (Lipinski definition) is 11. The number of aromatic nitrogens is 3. The molecule has 3 N–H and O–H groups in total. The van der Waals surface area contributed by atoms with E-state index in [2.05, 4.69) is 36.1 Å². The Kier molecular flexibility index (Phi) is 6.78. The molecular weight excluding hydrogens is 454 g/mol. The Morgan fingerprint density at radius 3 is 1.91 bits per heavy atom. The standard InChI is InChI=1S/C22H17N9O4/c32-30(33)18-11-9-17(10-12-18)25-21-26-20(24-16-6-2-1-3-7-16)27-22(28-21)29-23-14-15-5-4-8-19(13-15)31(34)35/h1-14H,(H3,24,25,26,27,28,29)/b23-14+. The molecule has 1 heterocycles.